The number of benzene rings is 1. The number of nitrogens with zero attached hydrogens (tertiary/aromatic N) is 2. The summed E-state index contributed by atoms with van der Waals surface area (Å²) in [5, 5.41) is 2.58. The van der Waals surface area contributed by atoms with E-state index in [1.54, 1.807) is 24.4 Å². The molecule has 0 fully saturated rings. The van der Waals surface area contributed by atoms with Gasteiger partial charge in [0.1, 0.15) is 10.7 Å². The summed E-state index contributed by atoms with van der Waals surface area (Å²) in [6.07, 6.45) is 0. The fourth-order valence-corrected chi connectivity index (χ4v) is 2.79. The molecular formula is C17H22N2O3S. The molecular weight excluding hydrogens is 312 g/mol. The molecule has 0 saturated carbocycles. The van der Waals surface area contributed by atoms with Crippen LogP contribution in [0.2, 0.25) is 0 Å². The topological polar surface area (TPSA) is 51.7 Å². The smallest absolute Gasteiger partial charge is 0.273 e. The quantitative estimate of drug-likeness (QED) is 0.808. The lowest BCUT2D eigenvalue weighted by atomic mass is 10.2. The van der Waals surface area contributed by atoms with Crippen LogP contribution in [0.1, 0.15) is 31.3 Å². The van der Waals surface area contributed by atoms with Gasteiger partial charge in [-0.2, -0.15) is 0 Å². The van der Waals surface area contributed by atoms with Crippen LogP contribution in [0.3, 0.4) is 0 Å². The van der Waals surface area contributed by atoms with Crippen molar-refractivity contribution in [1.29, 1.82) is 0 Å². The van der Waals surface area contributed by atoms with Gasteiger partial charge in [-0.15, -0.1) is 11.3 Å². The molecule has 23 heavy (non-hydrogen) atoms. The molecule has 124 valence electrons. The fourth-order valence-electron chi connectivity index (χ4n) is 2.00. The van der Waals surface area contributed by atoms with E-state index in [0.29, 0.717) is 23.8 Å². The van der Waals surface area contributed by atoms with Crippen molar-refractivity contribution >= 4 is 17.2 Å². The Bertz CT molecular complexity index is 682. The first-order valence-electron chi connectivity index (χ1n) is 7.51. The molecule has 0 aliphatic carbocycles. The minimum atomic E-state index is -0.0691. The second-order valence-electron chi connectivity index (χ2n) is 5.35. The molecule has 0 aliphatic heterocycles. The Kier molecular flexibility index (Phi) is 5.60. The van der Waals surface area contributed by atoms with E-state index in [-0.39, 0.29) is 11.9 Å². The zero-order chi connectivity index (χ0) is 17.0. The highest BCUT2D eigenvalue weighted by molar-refractivity contribution is 7.13. The first-order chi connectivity index (χ1) is 11.0. The standard InChI is InChI=1S/C17H22N2O3S/c1-6-22-14-8-7-12(9-15(14)21-5)16-18-13(10-23-16)17(20)19(4)11(2)3/h7-11H,6H2,1-5H3. The lowest BCUT2D eigenvalue weighted by Gasteiger charge is -2.20. The van der Waals surface area contributed by atoms with Crippen molar-refractivity contribution < 1.29 is 14.3 Å². The molecule has 5 nitrogen and oxygen atoms in total. The van der Waals surface area contributed by atoms with Gasteiger partial charge in [0.15, 0.2) is 11.5 Å². The summed E-state index contributed by atoms with van der Waals surface area (Å²) in [4.78, 5) is 18.5. The zero-order valence-corrected chi connectivity index (χ0v) is 14.9. The van der Waals surface area contributed by atoms with Crippen molar-refractivity contribution in [3.8, 4) is 22.1 Å². The van der Waals surface area contributed by atoms with E-state index in [4.69, 9.17) is 9.47 Å². The Morgan fingerprint density at radius 1 is 1.35 bits per heavy atom. The summed E-state index contributed by atoms with van der Waals surface area (Å²) < 4.78 is 10.9. The first kappa shape index (κ1) is 17.3. The van der Waals surface area contributed by atoms with Gasteiger partial charge in [0, 0.05) is 24.0 Å². The molecule has 1 heterocycles. The highest BCUT2D eigenvalue weighted by Crippen LogP contribution is 2.33. The molecule has 0 saturated heterocycles. The summed E-state index contributed by atoms with van der Waals surface area (Å²) >= 11 is 1.44. The normalized spacial score (nSPS) is 10.7. The van der Waals surface area contributed by atoms with Crippen LogP contribution >= 0.6 is 11.3 Å². The highest BCUT2D eigenvalue weighted by atomic mass is 32.1. The predicted octanol–water partition coefficient (Wildman–Crippen LogP) is 3.70. The Labute approximate surface area is 140 Å². The molecule has 1 aromatic heterocycles. The van der Waals surface area contributed by atoms with E-state index in [0.717, 1.165) is 10.6 Å². The lowest BCUT2D eigenvalue weighted by Crippen LogP contribution is -2.33. The van der Waals surface area contributed by atoms with Crippen molar-refractivity contribution in [3.05, 3.63) is 29.3 Å². The number of aromatic nitrogens is 1. The van der Waals surface area contributed by atoms with Crippen LogP contribution in [0.4, 0.5) is 0 Å². The van der Waals surface area contributed by atoms with Crippen molar-refractivity contribution in [1.82, 2.24) is 9.88 Å². The molecule has 0 aliphatic rings. The molecule has 0 atom stereocenters. The number of ether oxygens (including phenoxy) is 2. The van der Waals surface area contributed by atoms with Gasteiger partial charge in [-0.25, -0.2) is 4.98 Å². The first-order valence-corrected chi connectivity index (χ1v) is 8.39. The molecule has 0 spiro atoms. The third-order valence-corrected chi connectivity index (χ3v) is 4.42. The van der Waals surface area contributed by atoms with E-state index >= 15 is 0 Å². The summed E-state index contributed by atoms with van der Waals surface area (Å²) in [5.74, 6) is 1.29. The maximum atomic E-state index is 12.3. The van der Waals surface area contributed by atoms with Crippen molar-refractivity contribution in [2.45, 2.75) is 26.8 Å². The average Bonchev–Trinajstić information content (AvgIpc) is 3.04. The van der Waals surface area contributed by atoms with Crippen molar-refractivity contribution in [2.75, 3.05) is 20.8 Å². The van der Waals surface area contributed by atoms with Gasteiger partial charge in [-0.3, -0.25) is 4.79 Å². The number of methoxy groups -OCH3 is 1. The van der Waals surface area contributed by atoms with E-state index in [1.807, 2.05) is 39.0 Å². The molecule has 2 aromatic rings. The van der Waals surface area contributed by atoms with Gasteiger partial charge in [0.2, 0.25) is 0 Å². The minimum Gasteiger partial charge on any atom is -0.493 e. The van der Waals surface area contributed by atoms with Gasteiger partial charge >= 0.3 is 0 Å². The Morgan fingerprint density at radius 2 is 2.09 bits per heavy atom. The highest BCUT2D eigenvalue weighted by Gasteiger charge is 2.18. The third-order valence-electron chi connectivity index (χ3n) is 3.53. The summed E-state index contributed by atoms with van der Waals surface area (Å²) in [5.41, 5.74) is 1.37. The van der Waals surface area contributed by atoms with Crippen LogP contribution in [-0.2, 0) is 0 Å². The van der Waals surface area contributed by atoms with E-state index < -0.39 is 0 Å². The fraction of sp³-hybridized carbons (Fsp3) is 0.412. The summed E-state index contributed by atoms with van der Waals surface area (Å²) in [6, 6.07) is 5.80. The van der Waals surface area contributed by atoms with E-state index in [2.05, 4.69) is 4.98 Å². The number of carbonyl (C=O) groups is 1. The SMILES string of the molecule is CCOc1ccc(-c2nc(C(=O)N(C)C(C)C)cs2)cc1OC. The van der Waals surface area contributed by atoms with Gasteiger partial charge in [-0.1, -0.05) is 0 Å². The van der Waals surface area contributed by atoms with Crippen LogP contribution in [0.5, 0.6) is 11.5 Å². The van der Waals surface area contributed by atoms with Gasteiger partial charge in [0.05, 0.1) is 13.7 Å². The molecule has 2 rings (SSSR count). The number of hydrogen-bond acceptors (Lipinski definition) is 5. The monoisotopic (exact) mass is 334 g/mol. The van der Waals surface area contributed by atoms with Gasteiger partial charge in [0.25, 0.3) is 5.91 Å². The minimum absolute atomic E-state index is 0.0691. The Morgan fingerprint density at radius 3 is 2.70 bits per heavy atom. The molecule has 1 aromatic carbocycles. The molecule has 1 amide bonds. The maximum Gasteiger partial charge on any atom is 0.273 e. The molecule has 6 heteroatoms. The predicted molar refractivity (Wildman–Crippen MR) is 92.5 cm³/mol. The zero-order valence-electron chi connectivity index (χ0n) is 14.1. The lowest BCUT2D eigenvalue weighted by molar-refractivity contribution is 0.0750. The molecule has 0 N–H and O–H groups in total. The summed E-state index contributed by atoms with van der Waals surface area (Å²) in [7, 11) is 3.39. The third kappa shape index (κ3) is 3.82. The van der Waals surface area contributed by atoms with Crippen molar-refractivity contribution in [3.63, 3.8) is 0 Å². The number of thiazole rings is 1. The van der Waals surface area contributed by atoms with E-state index in [9.17, 15) is 4.79 Å². The molecule has 0 bridgehead atoms. The van der Waals surface area contributed by atoms with Crippen LogP contribution in [0.25, 0.3) is 10.6 Å². The molecule has 0 unspecified atom stereocenters. The van der Waals surface area contributed by atoms with Crippen LogP contribution in [0, 0.1) is 0 Å². The second-order valence-corrected chi connectivity index (χ2v) is 6.20. The average molecular weight is 334 g/mol. The second kappa shape index (κ2) is 7.46. The number of carbonyl (C=O) groups excluding carboxylic acids is 1. The van der Waals surface area contributed by atoms with Crippen molar-refractivity contribution in [2.24, 2.45) is 0 Å². The number of hydrogen-bond donors (Lipinski definition) is 0. The maximum absolute atomic E-state index is 12.3. The van der Waals surface area contributed by atoms with Gasteiger partial charge < -0.3 is 14.4 Å². The van der Waals surface area contributed by atoms with Crippen LogP contribution in [-0.4, -0.2) is 42.6 Å². The number of rotatable bonds is 6. The van der Waals surface area contributed by atoms with Crippen LogP contribution < -0.4 is 9.47 Å². The number of amides is 1. The Balaban J connectivity index is 2.28. The van der Waals surface area contributed by atoms with Gasteiger partial charge in [-0.05, 0) is 39.0 Å². The largest absolute Gasteiger partial charge is 0.493 e. The molecule has 0 radical (unpaired) electrons. The van der Waals surface area contributed by atoms with Crippen LogP contribution in [0.15, 0.2) is 23.6 Å². The summed E-state index contributed by atoms with van der Waals surface area (Å²) in [6.45, 7) is 6.45. The Hall–Kier alpha value is -2.08. The van der Waals surface area contributed by atoms with E-state index in [1.165, 1.54) is 11.3 Å².